The second-order valence-corrected chi connectivity index (χ2v) is 9.73. The summed E-state index contributed by atoms with van der Waals surface area (Å²) in [5, 5.41) is 1.25. The van der Waals surface area contributed by atoms with Gasteiger partial charge in [0.15, 0.2) is 9.84 Å². The van der Waals surface area contributed by atoms with E-state index in [-0.39, 0.29) is 11.7 Å². The lowest BCUT2D eigenvalue weighted by molar-refractivity contribution is -0.120. The molecule has 1 aromatic carbocycles. The van der Waals surface area contributed by atoms with Crippen molar-refractivity contribution in [2.75, 3.05) is 30.3 Å². The molecule has 0 bridgehead atoms. The Morgan fingerprint density at radius 2 is 1.74 bits per heavy atom. The number of benzene rings is 1. The van der Waals surface area contributed by atoms with Gasteiger partial charge in [-0.2, -0.15) is 0 Å². The summed E-state index contributed by atoms with van der Waals surface area (Å²) in [7, 11) is -3.23. The van der Waals surface area contributed by atoms with Gasteiger partial charge in [-0.1, -0.05) is 25.3 Å². The predicted molar refractivity (Wildman–Crippen MR) is 110 cm³/mol. The van der Waals surface area contributed by atoms with Gasteiger partial charge in [-0.25, -0.2) is 8.42 Å². The molecular weight excluding hydrogens is 360 g/mol. The van der Waals surface area contributed by atoms with Gasteiger partial charge in [0, 0.05) is 11.1 Å². The Balaban J connectivity index is 1.83. The highest BCUT2D eigenvalue weighted by atomic mass is 32.2. The van der Waals surface area contributed by atoms with Gasteiger partial charge in [-0.15, -0.1) is 0 Å². The molecule has 0 aromatic heterocycles. The molecule has 0 radical (unpaired) electrons. The quantitative estimate of drug-likeness (QED) is 0.792. The molecular formula is C21H30N2O3S. The first-order chi connectivity index (χ1) is 12.9. The van der Waals surface area contributed by atoms with Crippen LogP contribution in [0.5, 0.6) is 0 Å². The summed E-state index contributed by atoms with van der Waals surface area (Å²) in [4.78, 5) is 17.2. The van der Waals surface area contributed by atoms with Crippen LogP contribution in [0.1, 0.15) is 43.2 Å². The fourth-order valence-corrected chi connectivity index (χ4v) is 5.12. The van der Waals surface area contributed by atoms with Crippen LogP contribution in [0, 0.1) is 13.8 Å². The third-order valence-corrected chi connectivity index (χ3v) is 6.97. The number of nitrogens with zero attached hydrogens (tertiary/aromatic N) is 2. The van der Waals surface area contributed by atoms with E-state index < -0.39 is 15.9 Å². The predicted octanol–water partition coefficient (Wildman–Crippen LogP) is 3.21. The largest absolute Gasteiger partial charge is 0.303 e. The molecule has 0 N–H and O–H groups in total. The van der Waals surface area contributed by atoms with Crippen LogP contribution in [-0.2, 0) is 14.6 Å². The molecule has 0 aliphatic carbocycles. The highest BCUT2D eigenvalue weighted by Crippen LogP contribution is 2.25. The molecule has 6 heteroatoms. The molecule has 5 nitrogen and oxygen atoms in total. The van der Waals surface area contributed by atoms with E-state index in [1.807, 2.05) is 32.0 Å². The number of anilines is 1. The first kappa shape index (κ1) is 20.1. The van der Waals surface area contributed by atoms with Crippen LogP contribution in [0.15, 0.2) is 29.7 Å². The molecule has 1 saturated heterocycles. The summed E-state index contributed by atoms with van der Waals surface area (Å²) in [6, 6.07) is 5.47. The molecule has 0 saturated carbocycles. The third kappa shape index (κ3) is 5.20. The Hall–Kier alpha value is -1.66. The van der Waals surface area contributed by atoms with Gasteiger partial charge < -0.3 is 4.90 Å². The van der Waals surface area contributed by atoms with E-state index in [9.17, 15) is 13.2 Å². The maximum atomic E-state index is 13.3. The van der Waals surface area contributed by atoms with Crippen LogP contribution < -0.4 is 4.90 Å². The Bertz CT molecular complexity index is 809. The lowest BCUT2D eigenvalue weighted by Crippen LogP contribution is -2.47. The van der Waals surface area contributed by atoms with Gasteiger partial charge in [0.05, 0.1) is 18.3 Å². The SMILES string of the molecule is Cc1ccc(N(C(=O)CN2CCCCCCC2)[C@H]2C=CS(=O)(=O)C2)cc1C. The number of carbonyl (C=O) groups is 1. The number of aryl methyl sites for hydroxylation is 2. The molecule has 27 heavy (non-hydrogen) atoms. The van der Waals surface area contributed by atoms with E-state index in [1.165, 1.54) is 24.7 Å². The van der Waals surface area contributed by atoms with Crippen molar-refractivity contribution in [1.29, 1.82) is 0 Å². The normalized spacial score (nSPS) is 23.0. The molecule has 2 heterocycles. The summed E-state index contributed by atoms with van der Waals surface area (Å²) < 4.78 is 23.9. The van der Waals surface area contributed by atoms with E-state index in [1.54, 1.807) is 11.0 Å². The van der Waals surface area contributed by atoms with Gasteiger partial charge in [0.2, 0.25) is 5.91 Å². The van der Waals surface area contributed by atoms with E-state index in [0.717, 1.165) is 42.7 Å². The zero-order valence-corrected chi connectivity index (χ0v) is 17.2. The minimum atomic E-state index is -3.23. The van der Waals surface area contributed by atoms with Crippen molar-refractivity contribution in [3.8, 4) is 0 Å². The van der Waals surface area contributed by atoms with Crippen molar-refractivity contribution in [1.82, 2.24) is 4.90 Å². The molecule has 1 fully saturated rings. The molecule has 2 aliphatic heterocycles. The Morgan fingerprint density at radius 3 is 2.33 bits per heavy atom. The number of hydrogen-bond donors (Lipinski definition) is 0. The minimum absolute atomic E-state index is 0.0226. The van der Waals surface area contributed by atoms with Gasteiger partial charge in [-0.3, -0.25) is 9.69 Å². The number of hydrogen-bond acceptors (Lipinski definition) is 4. The number of rotatable bonds is 4. The van der Waals surface area contributed by atoms with Crippen LogP contribution in [0.4, 0.5) is 5.69 Å². The average Bonchev–Trinajstić information content (AvgIpc) is 2.93. The molecule has 1 aromatic rings. The van der Waals surface area contributed by atoms with Gasteiger partial charge >= 0.3 is 0 Å². The van der Waals surface area contributed by atoms with Crippen molar-refractivity contribution in [3.63, 3.8) is 0 Å². The summed E-state index contributed by atoms with van der Waals surface area (Å²) in [6.45, 7) is 6.26. The standard InChI is InChI=1S/C21H30N2O3S/c1-17-8-9-19(14-18(17)2)23(20-10-13-27(25,26)16-20)21(24)15-22-11-6-4-3-5-7-12-22/h8-10,13-14,20H,3-7,11-12,15-16H2,1-2H3/t20-/m0/s1. The number of amides is 1. The monoisotopic (exact) mass is 390 g/mol. The van der Waals surface area contributed by atoms with Crippen LogP contribution in [0.3, 0.4) is 0 Å². The highest BCUT2D eigenvalue weighted by molar-refractivity contribution is 7.94. The first-order valence-corrected chi connectivity index (χ1v) is 11.6. The number of likely N-dealkylation sites (tertiary alicyclic amines) is 1. The lowest BCUT2D eigenvalue weighted by Gasteiger charge is -2.31. The summed E-state index contributed by atoms with van der Waals surface area (Å²) in [5.41, 5.74) is 3.03. The molecule has 1 amide bonds. The topological polar surface area (TPSA) is 57.7 Å². The summed E-state index contributed by atoms with van der Waals surface area (Å²) in [6.07, 6.45) is 7.60. The summed E-state index contributed by atoms with van der Waals surface area (Å²) >= 11 is 0. The van der Waals surface area contributed by atoms with Crippen LogP contribution in [0.25, 0.3) is 0 Å². The Kier molecular flexibility index (Phi) is 6.37. The maximum absolute atomic E-state index is 13.3. The van der Waals surface area contributed by atoms with Gasteiger partial charge in [0.1, 0.15) is 0 Å². The molecule has 148 valence electrons. The van der Waals surface area contributed by atoms with Crippen LogP contribution in [0.2, 0.25) is 0 Å². The zero-order valence-electron chi connectivity index (χ0n) is 16.4. The van der Waals surface area contributed by atoms with E-state index >= 15 is 0 Å². The molecule has 2 aliphatic rings. The fourth-order valence-electron chi connectivity index (χ4n) is 3.85. The fraction of sp³-hybridized carbons (Fsp3) is 0.571. The second-order valence-electron chi connectivity index (χ2n) is 7.80. The highest BCUT2D eigenvalue weighted by Gasteiger charge is 2.32. The van der Waals surface area contributed by atoms with Crippen molar-refractivity contribution in [2.24, 2.45) is 0 Å². The van der Waals surface area contributed by atoms with Crippen LogP contribution >= 0.6 is 0 Å². The molecule has 1 atom stereocenters. The summed E-state index contributed by atoms with van der Waals surface area (Å²) in [5.74, 6) is -0.0587. The molecule has 0 spiro atoms. The van der Waals surface area contributed by atoms with Crippen molar-refractivity contribution in [2.45, 2.75) is 52.0 Å². The maximum Gasteiger partial charge on any atom is 0.241 e. The number of carbonyl (C=O) groups excluding carboxylic acids is 1. The van der Waals surface area contributed by atoms with Gasteiger partial charge in [0.25, 0.3) is 0 Å². The van der Waals surface area contributed by atoms with E-state index in [0.29, 0.717) is 6.54 Å². The molecule has 3 rings (SSSR count). The third-order valence-electron chi connectivity index (χ3n) is 5.59. The Morgan fingerprint density at radius 1 is 1.07 bits per heavy atom. The second kappa shape index (κ2) is 8.57. The smallest absolute Gasteiger partial charge is 0.241 e. The number of sulfone groups is 1. The van der Waals surface area contributed by atoms with Crippen molar-refractivity contribution >= 4 is 21.4 Å². The van der Waals surface area contributed by atoms with Gasteiger partial charge in [-0.05, 0) is 69.1 Å². The average molecular weight is 391 g/mol. The zero-order chi connectivity index (χ0) is 19.4. The van der Waals surface area contributed by atoms with E-state index in [4.69, 9.17) is 0 Å². The van der Waals surface area contributed by atoms with E-state index in [2.05, 4.69) is 4.90 Å². The van der Waals surface area contributed by atoms with Crippen molar-refractivity contribution < 1.29 is 13.2 Å². The Labute approximate surface area is 163 Å². The lowest BCUT2D eigenvalue weighted by atomic mass is 10.1. The van der Waals surface area contributed by atoms with Crippen molar-refractivity contribution in [3.05, 3.63) is 40.8 Å². The van der Waals surface area contributed by atoms with Crippen LogP contribution in [-0.4, -0.2) is 50.7 Å². The minimum Gasteiger partial charge on any atom is -0.303 e. The molecule has 0 unspecified atom stereocenters. The first-order valence-electron chi connectivity index (χ1n) is 9.88.